The van der Waals surface area contributed by atoms with Crippen LogP contribution < -0.4 is 10.6 Å². The third-order valence-corrected chi connectivity index (χ3v) is 5.72. The van der Waals surface area contributed by atoms with Gasteiger partial charge in [-0.1, -0.05) is 18.7 Å². The zero-order chi connectivity index (χ0) is 21.1. The van der Waals surface area contributed by atoms with Crippen molar-refractivity contribution in [1.29, 1.82) is 0 Å². The van der Waals surface area contributed by atoms with Gasteiger partial charge in [0.25, 0.3) is 5.91 Å². The molecule has 150 valence electrons. The molecule has 4 radical (unpaired) electrons. The van der Waals surface area contributed by atoms with Crippen LogP contribution in [0.4, 0.5) is 5.82 Å². The molecule has 1 saturated carbocycles. The Morgan fingerprint density at radius 3 is 2.60 bits per heavy atom. The van der Waals surface area contributed by atoms with Crippen LogP contribution in [0.25, 0.3) is 5.65 Å². The minimum atomic E-state index is -0.592. The summed E-state index contributed by atoms with van der Waals surface area (Å²) in [6.45, 7) is 2.05. The SMILES string of the molecule is [B]C([B])c1cn2c(NC3CCC(NC(=O)c4ccc(CC)nc4)CC3)cccc2n1. The van der Waals surface area contributed by atoms with Gasteiger partial charge in [0.1, 0.15) is 11.5 Å². The van der Waals surface area contributed by atoms with Crippen molar-refractivity contribution in [3.05, 3.63) is 59.7 Å². The molecule has 3 heterocycles. The summed E-state index contributed by atoms with van der Waals surface area (Å²) >= 11 is 0. The van der Waals surface area contributed by atoms with Gasteiger partial charge in [-0.25, -0.2) is 4.98 Å². The molecule has 0 unspecified atom stereocenters. The van der Waals surface area contributed by atoms with Gasteiger partial charge in [-0.3, -0.25) is 14.2 Å². The first-order valence-corrected chi connectivity index (χ1v) is 10.5. The van der Waals surface area contributed by atoms with E-state index in [0.717, 1.165) is 49.3 Å². The Labute approximate surface area is 179 Å². The second-order valence-corrected chi connectivity index (χ2v) is 7.89. The molecule has 2 N–H and O–H groups in total. The van der Waals surface area contributed by atoms with Crippen molar-refractivity contribution in [1.82, 2.24) is 19.7 Å². The van der Waals surface area contributed by atoms with Gasteiger partial charge in [0, 0.05) is 35.9 Å². The van der Waals surface area contributed by atoms with E-state index in [-0.39, 0.29) is 11.9 Å². The van der Waals surface area contributed by atoms with Gasteiger partial charge < -0.3 is 10.6 Å². The highest BCUT2D eigenvalue weighted by Gasteiger charge is 2.23. The molecule has 8 heteroatoms. The lowest BCUT2D eigenvalue weighted by atomic mass is 9.69. The topological polar surface area (TPSA) is 71.3 Å². The molecule has 1 aliphatic rings. The molecular formula is C22H25B2N5O. The van der Waals surface area contributed by atoms with Crippen molar-refractivity contribution in [3.63, 3.8) is 0 Å². The van der Waals surface area contributed by atoms with Crippen LogP contribution >= 0.6 is 0 Å². The third kappa shape index (κ3) is 4.53. The molecule has 0 spiro atoms. The maximum absolute atomic E-state index is 12.5. The normalized spacial score (nSPS) is 19.1. The zero-order valence-electron chi connectivity index (χ0n) is 17.2. The molecule has 6 nitrogen and oxygen atoms in total. The highest BCUT2D eigenvalue weighted by molar-refractivity contribution is 6.35. The van der Waals surface area contributed by atoms with Crippen LogP contribution in [0.2, 0.25) is 0 Å². The Bertz CT molecular complexity index is 1010. The molecule has 1 amide bonds. The van der Waals surface area contributed by atoms with Crippen LogP contribution in [-0.4, -0.2) is 48.1 Å². The summed E-state index contributed by atoms with van der Waals surface area (Å²) in [6, 6.07) is 10.2. The number of amides is 1. The molecule has 4 rings (SSSR count). The second-order valence-electron chi connectivity index (χ2n) is 7.89. The van der Waals surface area contributed by atoms with Crippen LogP contribution in [0.15, 0.2) is 42.7 Å². The maximum Gasteiger partial charge on any atom is 0.253 e. The van der Waals surface area contributed by atoms with Crippen molar-refractivity contribution in [2.75, 3.05) is 5.32 Å². The predicted molar refractivity (Wildman–Crippen MR) is 120 cm³/mol. The fourth-order valence-electron chi connectivity index (χ4n) is 3.94. The van der Waals surface area contributed by atoms with Crippen LogP contribution in [0.3, 0.4) is 0 Å². The number of nitrogens with one attached hydrogen (secondary N) is 2. The van der Waals surface area contributed by atoms with Gasteiger partial charge >= 0.3 is 0 Å². The summed E-state index contributed by atoms with van der Waals surface area (Å²) in [6.07, 6.45) is 8.23. The number of fused-ring (bicyclic) bond motifs is 1. The zero-order valence-corrected chi connectivity index (χ0v) is 17.2. The minimum Gasteiger partial charge on any atom is -0.368 e. The Morgan fingerprint density at radius 1 is 1.17 bits per heavy atom. The predicted octanol–water partition coefficient (Wildman–Crippen LogP) is 2.78. The number of rotatable bonds is 6. The second kappa shape index (κ2) is 8.94. The molecule has 1 fully saturated rings. The van der Waals surface area contributed by atoms with Gasteiger partial charge in [0.15, 0.2) is 0 Å². The van der Waals surface area contributed by atoms with E-state index in [1.54, 1.807) is 6.20 Å². The average molecular weight is 397 g/mol. The number of carbonyl (C=O) groups excluding carboxylic acids is 1. The van der Waals surface area contributed by atoms with Crippen molar-refractivity contribution >= 4 is 33.1 Å². The summed E-state index contributed by atoms with van der Waals surface area (Å²) in [4.78, 5) is 21.3. The van der Waals surface area contributed by atoms with Gasteiger partial charge in [-0.05, 0) is 56.4 Å². The van der Waals surface area contributed by atoms with E-state index in [0.29, 0.717) is 17.3 Å². The van der Waals surface area contributed by atoms with E-state index in [4.69, 9.17) is 15.7 Å². The summed E-state index contributed by atoms with van der Waals surface area (Å²) in [5.41, 5.74) is 2.50. The summed E-state index contributed by atoms with van der Waals surface area (Å²) in [5.74, 6) is 0.928. The molecule has 0 aliphatic heterocycles. The Hall–Kier alpha value is -2.76. The first-order chi connectivity index (χ1) is 14.5. The highest BCUT2D eigenvalue weighted by atomic mass is 16.1. The number of aromatic nitrogens is 3. The molecule has 0 aromatic carbocycles. The van der Waals surface area contributed by atoms with Crippen LogP contribution in [0.1, 0.15) is 60.1 Å². The van der Waals surface area contributed by atoms with Crippen molar-refractivity contribution in [3.8, 4) is 0 Å². The number of carbonyl (C=O) groups is 1. The fraction of sp³-hybridized carbons (Fsp3) is 0.409. The van der Waals surface area contributed by atoms with Crippen LogP contribution in [-0.2, 0) is 6.42 Å². The first kappa shape index (κ1) is 20.5. The van der Waals surface area contributed by atoms with Crippen molar-refractivity contribution < 1.29 is 4.79 Å². The van der Waals surface area contributed by atoms with E-state index in [1.165, 1.54) is 0 Å². The lowest BCUT2D eigenvalue weighted by Gasteiger charge is -2.30. The molecule has 0 atom stereocenters. The largest absolute Gasteiger partial charge is 0.368 e. The molecule has 3 aromatic heterocycles. The smallest absolute Gasteiger partial charge is 0.253 e. The monoisotopic (exact) mass is 397 g/mol. The Kier molecular flexibility index (Phi) is 6.11. The molecular weight excluding hydrogens is 372 g/mol. The van der Waals surface area contributed by atoms with E-state index < -0.39 is 5.72 Å². The molecule has 30 heavy (non-hydrogen) atoms. The summed E-state index contributed by atoms with van der Waals surface area (Å²) in [7, 11) is 11.5. The van der Waals surface area contributed by atoms with E-state index in [9.17, 15) is 4.79 Å². The lowest BCUT2D eigenvalue weighted by molar-refractivity contribution is 0.0926. The van der Waals surface area contributed by atoms with Gasteiger partial charge in [-0.15, -0.1) is 0 Å². The number of pyridine rings is 2. The Morgan fingerprint density at radius 2 is 1.93 bits per heavy atom. The number of nitrogens with zero attached hydrogens (tertiary/aromatic N) is 3. The number of hydrogen-bond acceptors (Lipinski definition) is 4. The number of aryl methyl sites for hydroxylation is 1. The number of imidazole rings is 1. The highest BCUT2D eigenvalue weighted by Crippen LogP contribution is 2.24. The van der Waals surface area contributed by atoms with Gasteiger partial charge in [0.05, 0.1) is 21.3 Å². The first-order valence-electron chi connectivity index (χ1n) is 10.5. The van der Waals surface area contributed by atoms with Gasteiger partial charge in [0.2, 0.25) is 0 Å². The number of anilines is 1. The van der Waals surface area contributed by atoms with Crippen LogP contribution in [0.5, 0.6) is 0 Å². The molecule has 0 saturated heterocycles. The van der Waals surface area contributed by atoms with Gasteiger partial charge in [-0.2, -0.15) is 0 Å². The molecule has 1 aliphatic carbocycles. The summed E-state index contributed by atoms with van der Waals surface area (Å²) < 4.78 is 1.99. The number of hydrogen-bond donors (Lipinski definition) is 2. The van der Waals surface area contributed by atoms with Crippen LogP contribution in [0, 0.1) is 0 Å². The molecule has 3 aromatic rings. The minimum absolute atomic E-state index is 0.0459. The van der Waals surface area contributed by atoms with E-state index in [1.807, 2.05) is 47.9 Å². The van der Waals surface area contributed by atoms with E-state index in [2.05, 4.69) is 20.6 Å². The fourth-order valence-corrected chi connectivity index (χ4v) is 3.94. The lowest BCUT2D eigenvalue weighted by Crippen LogP contribution is -2.40. The molecule has 0 bridgehead atoms. The Balaban J connectivity index is 1.33. The average Bonchev–Trinajstić information content (AvgIpc) is 3.21. The maximum atomic E-state index is 12.5. The quantitative estimate of drug-likeness (QED) is 0.628. The van der Waals surface area contributed by atoms with Crippen molar-refractivity contribution in [2.45, 2.75) is 56.8 Å². The summed E-state index contributed by atoms with van der Waals surface area (Å²) in [5, 5.41) is 6.77. The van der Waals surface area contributed by atoms with E-state index >= 15 is 0 Å². The third-order valence-electron chi connectivity index (χ3n) is 5.72. The van der Waals surface area contributed by atoms with Crippen molar-refractivity contribution in [2.24, 2.45) is 0 Å². The standard InChI is InChI=1S/C22H25B2N5O/c1-2-15-7-6-14(12-25-15)22(30)27-17-10-8-16(9-11-17)26-19-4-3-5-20-28-18(21(23)24)13-29(19)20/h3-7,12-13,16-17,21,26H,2,8-11H2,1H3,(H,27,30).